The number of carbonyl (C=O) groups excluding carboxylic acids is 3. The molecule has 0 radical (unpaired) electrons. The number of carboxylic acid groups (broad SMARTS) is 1. The molecule has 1 aromatic carbocycles. The van der Waals surface area contributed by atoms with Gasteiger partial charge in [0, 0.05) is 18.8 Å². The topological polar surface area (TPSA) is 151 Å². The second-order valence-electron chi connectivity index (χ2n) is 11.2. The molecule has 0 heterocycles. The fraction of sp³-hybridized carbons (Fsp3) is 0.655. The highest BCUT2D eigenvalue weighted by Crippen LogP contribution is 2.36. The van der Waals surface area contributed by atoms with E-state index >= 15 is 0 Å². The van der Waals surface area contributed by atoms with Crippen LogP contribution in [0, 0.1) is 17.8 Å². The van der Waals surface area contributed by atoms with Crippen LogP contribution in [-0.2, 0) is 23.9 Å². The zero-order chi connectivity index (χ0) is 29.1. The van der Waals surface area contributed by atoms with Crippen molar-refractivity contribution in [3.8, 4) is 11.5 Å². The quantitative estimate of drug-likeness (QED) is 0.248. The van der Waals surface area contributed by atoms with Gasteiger partial charge < -0.3 is 29.8 Å². The molecule has 1 saturated carbocycles. The van der Waals surface area contributed by atoms with Gasteiger partial charge in [0.05, 0.1) is 6.61 Å². The number of esters is 2. The molecular formula is C29H43NO9. The number of ether oxygens (including phenoxy) is 4. The van der Waals surface area contributed by atoms with E-state index in [-0.39, 0.29) is 48.9 Å². The van der Waals surface area contributed by atoms with Crippen molar-refractivity contribution in [2.24, 2.45) is 23.5 Å². The summed E-state index contributed by atoms with van der Waals surface area (Å²) in [4.78, 5) is 49.0. The van der Waals surface area contributed by atoms with E-state index in [1.54, 1.807) is 13.0 Å². The molecule has 0 spiro atoms. The lowest BCUT2D eigenvalue weighted by atomic mass is 9.82. The molecule has 1 aliphatic carbocycles. The minimum atomic E-state index is -1.36. The first kappa shape index (κ1) is 32.1. The van der Waals surface area contributed by atoms with E-state index in [0.717, 1.165) is 32.1 Å². The Morgan fingerprint density at radius 3 is 2.00 bits per heavy atom. The van der Waals surface area contributed by atoms with Gasteiger partial charge in [-0.05, 0) is 61.1 Å². The van der Waals surface area contributed by atoms with Crippen molar-refractivity contribution < 1.29 is 43.2 Å². The molecule has 0 aliphatic heterocycles. The number of nitrogens with two attached hydrogens (primary N) is 1. The predicted octanol–water partition coefficient (Wildman–Crippen LogP) is 5.21. The van der Waals surface area contributed by atoms with Gasteiger partial charge in [-0.2, -0.15) is 0 Å². The van der Waals surface area contributed by atoms with Crippen molar-refractivity contribution in [3.05, 3.63) is 23.8 Å². The maximum atomic E-state index is 12.5. The average Bonchev–Trinajstić information content (AvgIpc) is 2.84. The summed E-state index contributed by atoms with van der Waals surface area (Å²) in [6, 6.07) is 3.13. The molecule has 0 amide bonds. The van der Waals surface area contributed by atoms with Crippen molar-refractivity contribution in [3.63, 3.8) is 0 Å². The van der Waals surface area contributed by atoms with Crippen LogP contribution >= 0.6 is 0 Å². The van der Waals surface area contributed by atoms with Crippen LogP contribution in [0.5, 0.6) is 11.5 Å². The summed E-state index contributed by atoms with van der Waals surface area (Å²) >= 11 is 0. The van der Waals surface area contributed by atoms with Crippen molar-refractivity contribution >= 4 is 24.1 Å². The molecule has 0 bridgehead atoms. The van der Waals surface area contributed by atoms with Crippen molar-refractivity contribution in [1.29, 1.82) is 0 Å². The molecule has 1 aliphatic rings. The molecule has 3 atom stereocenters. The zero-order valence-corrected chi connectivity index (χ0v) is 23.6. The van der Waals surface area contributed by atoms with Crippen molar-refractivity contribution in [2.75, 3.05) is 6.61 Å². The van der Waals surface area contributed by atoms with E-state index in [1.807, 2.05) is 27.7 Å². The molecular weight excluding hydrogens is 506 g/mol. The van der Waals surface area contributed by atoms with E-state index in [2.05, 4.69) is 0 Å². The van der Waals surface area contributed by atoms with Crippen molar-refractivity contribution in [1.82, 2.24) is 0 Å². The number of carbonyl (C=O) groups is 4. The van der Waals surface area contributed by atoms with Gasteiger partial charge in [-0.15, -0.1) is 0 Å². The minimum Gasteiger partial charge on any atom is -0.480 e. The van der Waals surface area contributed by atoms with Crippen LogP contribution in [0.25, 0.3) is 0 Å². The molecule has 0 aromatic heterocycles. The standard InChI is InChI=1S/C29H43NO9/c1-17(2)13-24(31)38-22-12-11-20(15-23(22)39-25(32)14-18(3)4)26(27(30)28(33)34)19(5)16-36-29(35)37-21-9-7-6-8-10-21/h11-12,15,17-19,21,26-27H,6-10,13-14,16,30H2,1-5H3,(H,33,34)/t19?,26?,27-/m0/s1. The lowest BCUT2D eigenvalue weighted by Crippen LogP contribution is -2.40. The fourth-order valence-corrected chi connectivity index (χ4v) is 4.59. The smallest absolute Gasteiger partial charge is 0.480 e. The van der Waals surface area contributed by atoms with Crippen LogP contribution < -0.4 is 15.2 Å². The summed E-state index contributed by atoms with van der Waals surface area (Å²) in [7, 11) is 0. The Kier molecular flexibility index (Phi) is 12.7. The lowest BCUT2D eigenvalue weighted by Gasteiger charge is -2.28. The molecule has 1 aromatic rings. The number of hydrogen-bond donors (Lipinski definition) is 2. The van der Waals surface area contributed by atoms with E-state index < -0.39 is 41.9 Å². The highest BCUT2D eigenvalue weighted by molar-refractivity contribution is 5.77. The molecule has 39 heavy (non-hydrogen) atoms. The first-order valence-corrected chi connectivity index (χ1v) is 13.7. The average molecular weight is 550 g/mol. The van der Waals surface area contributed by atoms with Crippen LogP contribution in [0.1, 0.15) is 91.0 Å². The lowest BCUT2D eigenvalue weighted by molar-refractivity contribution is -0.139. The number of hydrogen-bond acceptors (Lipinski definition) is 9. The van der Waals surface area contributed by atoms with Gasteiger partial charge >= 0.3 is 24.1 Å². The Hall–Kier alpha value is -3.14. The summed E-state index contributed by atoms with van der Waals surface area (Å²) in [6.45, 7) is 9.06. The Labute approximate surface area is 230 Å². The number of carboxylic acids is 1. The monoisotopic (exact) mass is 549 g/mol. The molecule has 1 fully saturated rings. The minimum absolute atomic E-state index is 0.0114. The van der Waals surface area contributed by atoms with Crippen LogP contribution in [0.3, 0.4) is 0 Å². The third kappa shape index (κ3) is 10.9. The van der Waals surface area contributed by atoms with Crippen LogP contribution in [0.4, 0.5) is 4.79 Å². The first-order chi connectivity index (χ1) is 18.4. The number of rotatable bonds is 13. The van der Waals surface area contributed by atoms with Crippen LogP contribution in [-0.4, -0.2) is 47.9 Å². The van der Waals surface area contributed by atoms with Gasteiger partial charge in [-0.1, -0.05) is 47.1 Å². The van der Waals surface area contributed by atoms with E-state index in [0.29, 0.717) is 5.56 Å². The van der Waals surface area contributed by atoms with Gasteiger partial charge in [-0.25, -0.2) is 4.79 Å². The summed E-state index contributed by atoms with van der Waals surface area (Å²) in [5, 5.41) is 9.72. The van der Waals surface area contributed by atoms with Crippen LogP contribution in [0.2, 0.25) is 0 Å². The van der Waals surface area contributed by atoms with Crippen LogP contribution in [0.15, 0.2) is 18.2 Å². The van der Waals surface area contributed by atoms with Gasteiger partial charge in [0.2, 0.25) is 0 Å². The molecule has 10 heteroatoms. The van der Waals surface area contributed by atoms with Gasteiger partial charge in [0.15, 0.2) is 11.5 Å². The van der Waals surface area contributed by atoms with Gasteiger partial charge in [-0.3, -0.25) is 14.4 Å². The van der Waals surface area contributed by atoms with E-state index in [1.165, 1.54) is 12.1 Å². The second kappa shape index (κ2) is 15.5. The summed E-state index contributed by atoms with van der Waals surface area (Å²) < 4.78 is 21.7. The fourth-order valence-electron chi connectivity index (χ4n) is 4.59. The third-order valence-corrected chi connectivity index (χ3v) is 6.51. The number of aliphatic carboxylic acids is 1. The Bertz CT molecular complexity index is 985. The maximum absolute atomic E-state index is 12.5. The molecule has 2 unspecified atom stereocenters. The molecule has 218 valence electrons. The normalized spacial score (nSPS) is 16.3. The first-order valence-electron chi connectivity index (χ1n) is 13.7. The zero-order valence-electron chi connectivity index (χ0n) is 23.6. The molecule has 0 saturated heterocycles. The van der Waals surface area contributed by atoms with E-state index in [4.69, 9.17) is 24.7 Å². The summed E-state index contributed by atoms with van der Waals surface area (Å²) in [5.74, 6) is -3.50. The molecule has 3 N–H and O–H groups in total. The SMILES string of the molecule is CC(C)CC(=O)Oc1ccc(C(C(C)COC(=O)OC2CCCCC2)[C@H](N)C(=O)O)cc1OC(=O)CC(C)C. The summed E-state index contributed by atoms with van der Waals surface area (Å²) in [6.07, 6.45) is 4.03. The predicted molar refractivity (Wildman–Crippen MR) is 143 cm³/mol. The largest absolute Gasteiger partial charge is 0.508 e. The molecule has 10 nitrogen and oxygen atoms in total. The summed E-state index contributed by atoms with van der Waals surface area (Å²) in [5.41, 5.74) is 6.50. The molecule has 2 rings (SSSR count). The Morgan fingerprint density at radius 2 is 1.46 bits per heavy atom. The highest BCUT2D eigenvalue weighted by Gasteiger charge is 2.33. The third-order valence-electron chi connectivity index (χ3n) is 6.51. The Morgan fingerprint density at radius 1 is 0.897 bits per heavy atom. The van der Waals surface area contributed by atoms with E-state index in [9.17, 15) is 24.3 Å². The number of benzene rings is 1. The highest BCUT2D eigenvalue weighted by atomic mass is 16.7. The Balaban J connectivity index is 2.28. The van der Waals surface area contributed by atoms with Gasteiger partial charge in [0.25, 0.3) is 0 Å². The van der Waals surface area contributed by atoms with Crippen molar-refractivity contribution in [2.45, 2.75) is 97.6 Å². The maximum Gasteiger partial charge on any atom is 0.508 e. The van der Waals surface area contributed by atoms with Gasteiger partial charge in [0.1, 0.15) is 12.1 Å². The second-order valence-corrected chi connectivity index (χ2v) is 11.2.